The summed E-state index contributed by atoms with van der Waals surface area (Å²) < 4.78 is 0. The normalized spacial score (nSPS) is 11.1. The largest absolute Gasteiger partial charge is 0.309 e. The molecule has 1 aromatic carbocycles. The molecule has 2 heterocycles. The molecule has 3 aromatic rings. The molecule has 3 rings (SSSR count). The average molecular weight is 212 g/mol. The van der Waals surface area contributed by atoms with Gasteiger partial charge in [-0.25, -0.2) is 15.0 Å². The second-order valence-corrected chi connectivity index (χ2v) is 3.54. The second-order valence-electron chi connectivity index (χ2n) is 3.54. The molecule has 0 atom stereocenters. The second kappa shape index (κ2) is 3.10. The number of aromatic nitrogens is 4. The number of benzene rings is 1. The zero-order chi connectivity index (χ0) is 11.1. The van der Waals surface area contributed by atoms with Crippen LogP contribution in [0.4, 0.5) is 0 Å². The van der Waals surface area contributed by atoms with Gasteiger partial charge in [-0.1, -0.05) is 12.1 Å². The summed E-state index contributed by atoms with van der Waals surface area (Å²) in [6.45, 7) is 1.72. The Morgan fingerprint density at radius 1 is 1.06 bits per heavy atom. The average Bonchev–Trinajstić information content (AvgIpc) is 2.27. The number of rotatable bonds is 0. The van der Waals surface area contributed by atoms with E-state index in [0.29, 0.717) is 17.0 Å². The maximum Gasteiger partial charge on any atom is 0.279 e. The number of hydrogen-bond donors (Lipinski definition) is 1. The van der Waals surface area contributed by atoms with Crippen LogP contribution in [0, 0.1) is 6.92 Å². The molecule has 0 radical (unpaired) electrons. The van der Waals surface area contributed by atoms with Crippen molar-refractivity contribution in [2.24, 2.45) is 0 Å². The summed E-state index contributed by atoms with van der Waals surface area (Å²) >= 11 is 0. The number of para-hydroxylation sites is 2. The van der Waals surface area contributed by atoms with Crippen molar-refractivity contribution in [1.82, 2.24) is 19.9 Å². The van der Waals surface area contributed by atoms with E-state index in [2.05, 4.69) is 19.9 Å². The fraction of sp³-hybridized carbons (Fsp3) is 0.0909. The summed E-state index contributed by atoms with van der Waals surface area (Å²) in [6, 6.07) is 7.41. The van der Waals surface area contributed by atoms with Crippen molar-refractivity contribution in [3.05, 3.63) is 40.4 Å². The van der Waals surface area contributed by atoms with E-state index >= 15 is 0 Å². The maximum atomic E-state index is 11.6. The van der Waals surface area contributed by atoms with E-state index < -0.39 is 0 Å². The molecular weight excluding hydrogens is 204 g/mol. The fourth-order valence-electron chi connectivity index (χ4n) is 1.63. The number of fused-ring (bicyclic) bond motifs is 2. The summed E-state index contributed by atoms with van der Waals surface area (Å²) in [6.07, 6.45) is 0. The van der Waals surface area contributed by atoms with Crippen LogP contribution in [0.3, 0.4) is 0 Å². The van der Waals surface area contributed by atoms with E-state index in [-0.39, 0.29) is 11.1 Å². The van der Waals surface area contributed by atoms with Crippen molar-refractivity contribution in [1.29, 1.82) is 0 Å². The molecule has 0 spiro atoms. The molecule has 0 saturated carbocycles. The van der Waals surface area contributed by atoms with Crippen LogP contribution in [0.5, 0.6) is 0 Å². The van der Waals surface area contributed by atoms with Crippen molar-refractivity contribution in [2.45, 2.75) is 6.92 Å². The molecule has 0 aliphatic heterocycles. The monoisotopic (exact) mass is 212 g/mol. The van der Waals surface area contributed by atoms with E-state index in [9.17, 15) is 4.79 Å². The molecule has 2 aromatic heterocycles. The number of hydrogen-bond acceptors (Lipinski definition) is 4. The molecule has 5 heteroatoms. The summed E-state index contributed by atoms with van der Waals surface area (Å²) in [7, 11) is 0. The number of nitrogens with one attached hydrogen (secondary N) is 1. The Morgan fingerprint density at radius 3 is 2.50 bits per heavy atom. The van der Waals surface area contributed by atoms with E-state index in [1.54, 1.807) is 6.92 Å². The van der Waals surface area contributed by atoms with Crippen molar-refractivity contribution in [2.75, 3.05) is 0 Å². The first-order valence-corrected chi connectivity index (χ1v) is 4.87. The van der Waals surface area contributed by atoms with E-state index in [1.807, 2.05) is 24.3 Å². The summed E-state index contributed by atoms with van der Waals surface area (Å²) in [5, 5.41) is 0. The zero-order valence-corrected chi connectivity index (χ0v) is 8.56. The third kappa shape index (κ3) is 1.25. The number of nitrogens with zero attached hydrogens (tertiary/aromatic N) is 3. The van der Waals surface area contributed by atoms with Crippen LogP contribution in [0.2, 0.25) is 0 Å². The summed E-state index contributed by atoms with van der Waals surface area (Å²) in [5.41, 5.74) is 1.86. The minimum Gasteiger partial charge on any atom is -0.309 e. The first-order chi connectivity index (χ1) is 7.74. The van der Waals surface area contributed by atoms with Gasteiger partial charge in [-0.05, 0) is 19.1 Å². The predicted molar refractivity (Wildman–Crippen MR) is 60.2 cm³/mol. The van der Waals surface area contributed by atoms with Gasteiger partial charge in [-0.15, -0.1) is 0 Å². The van der Waals surface area contributed by atoms with Crippen LogP contribution in [0.15, 0.2) is 29.1 Å². The summed E-state index contributed by atoms with van der Waals surface area (Å²) in [5.74, 6) is 0.544. The van der Waals surface area contributed by atoms with Gasteiger partial charge < -0.3 is 4.98 Å². The molecule has 0 unspecified atom stereocenters. The highest BCUT2D eigenvalue weighted by Gasteiger charge is 2.06. The third-order valence-electron chi connectivity index (χ3n) is 2.34. The topological polar surface area (TPSA) is 71.5 Å². The van der Waals surface area contributed by atoms with Crippen molar-refractivity contribution < 1.29 is 0 Å². The highest BCUT2D eigenvalue weighted by molar-refractivity contribution is 5.83. The Morgan fingerprint density at radius 2 is 1.75 bits per heavy atom. The summed E-state index contributed by atoms with van der Waals surface area (Å²) in [4.78, 5) is 27.0. The fourth-order valence-corrected chi connectivity index (χ4v) is 1.63. The lowest BCUT2D eigenvalue weighted by Gasteiger charge is -1.99. The van der Waals surface area contributed by atoms with Crippen LogP contribution >= 0.6 is 0 Å². The number of aromatic amines is 1. The minimum atomic E-state index is -0.249. The molecule has 0 bridgehead atoms. The molecular formula is C11H8N4O. The quantitative estimate of drug-likeness (QED) is 0.568. The van der Waals surface area contributed by atoms with Gasteiger partial charge >= 0.3 is 0 Å². The minimum absolute atomic E-state index is 0.249. The van der Waals surface area contributed by atoms with Gasteiger partial charge in [0.2, 0.25) is 0 Å². The van der Waals surface area contributed by atoms with E-state index in [1.165, 1.54) is 0 Å². The smallest absolute Gasteiger partial charge is 0.279 e. The van der Waals surface area contributed by atoms with Crippen molar-refractivity contribution in [3.8, 4) is 0 Å². The Labute approximate surface area is 90.2 Å². The first kappa shape index (κ1) is 8.96. The van der Waals surface area contributed by atoms with Crippen molar-refractivity contribution in [3.63, 3.8) is 0 Å². The molecule has 0 fully saturated rings. The molecule has 0 amide bonds. The molecule has 0 saturated heterocycles. The van der Waals surface area contributed by atoms with Gasteiger partial charge in [-0.2, -0.15) is 0 Å². The standard InChI is InChI=1S/C11H8N4O/c1-6-12-10-9(11(16)13-6)14-7-4-2-3-5-8(7)15-10/h2-5H,1H3,(H,12,13,15,16). The van der Waals surface area contributed by atoms with E-state index in [4.69, 9.17) is 0 Å². The lowest BCUT2D eigenvalue weighted by Crippen LogP contribution is -2.12. The van der Waals surface area contributed by atoms with Gasteiger partial charge in [0.05, 0.1) is 11.0 Å². The predicted octanol–water partition coefficient (Wildman–Crippen LogP) is 1.17. The van der Waals surface area contributed by atoms with Crippen LogP contribution < -0.4 is 5.56 Å². The Kier molecular flexibility index (Phi) is 1.73. The van der Waals surface area contributed by atoms with Gasteiger partial charge in [0, 0.05) is 0 Å². The van der Waals surface area contributed by atoms with Crippen LogP contribution in [0.25, 0.3) is 22.2 Å². The van der Waals surface area contributed by atoms with Crippen molar-refractivity contribution >= 4 is 22.2 Å². The van der Waals surface area contributed by atoms with Crippen LogP contribution in [-0.2, 0) is 0 Å². The number of aryl methyl sites for hydroxylation is 1. The molecule has 0 aliphatic carbocycles. The van der Waals surface area contributed by atoms with Gasteiger partial charge in [0.15, 0.2) is 11.2 Å². The SMILES string of the molecule is Cc1nc2nc3ccccc3nc2c(=O)[nH]1. The van der Waals surface area contributed by atoms with Gasteiger partial charge in [0.1, 0.15) is 5.82 Å². The van der Waals surface area contributed by atoms with Gasteiger partial charge in [0.25, 0.3) is 5.56 Å². The lowest BCUT2D eigenvalue weighted by molar-refractivity contribution is 1.04. The maximum absolute atomic E-state index is 11.6. The highest BCUT2D eigenvalue weighted by atomic mass is 16.1. The third-order valence-corrected chi connectivity index (χ3v) is 2.34. The Balaban J connectivity index is 2.56. The van der Waals surface area contributed by atoms with Crippen LogP contribution in [0.1, 0.15) is 5.82 Å². The Hall–Kier alpha value is -2.30. The van der Waals surface area contributed by atoms with Gasteiger partial charge in [-0.3, -0.25) is 4.79 Å². The zero-order valence-electron chi connectivity index (χ0n) is 8.56. The molecule has 1 N–H and O–H groups in total. The molecule has 5 nitrogen and oxygen atoms in total. The van der Waals surface area contributed by atoms with E-state index in [0.717, 1.165) is 5.52 Å². The molecule has 78 valence electrons. The number of H-pyrrole nitrogens is 1. The molecule has 16 heavy (non-hydrogen) atoms. The van der Waals surface area contributed by atoms with Crippen LogP contribution in [-0.4, -0.2) is 19.9 Å². The Bertz CT molecular complexity index is 748. The molecule has 0 aliphatic rings. The lowest BCUT2D eigenvalue weighted by atomic mass is 10.3. The highest BCUT2D eigenvalue weighted by Crippen LogP contribution is 2.11. The first-order valence-electron chi connectivity index (χ1n) is 4.87.